The van der Waals surface area contributed by atoms with Crippen molar-refractivity contribution in [1.29, 1.82) is 0 Å². The molecule has 0 radical (unpaired) electrons. The third-order valence-electron chi connectivity index (χ3n) is 3.78. The fourth-order valence-corrected chi connectivity index (χ4v) is 2.57. The maximum Gasteiger partial charge on any atom is 0.256 e. The van der Waals surface area contributed by atoms with Crippen LogP contribution in [0.2, 0.25) is 0 Å². The fraction of sp³-hybridized carbons (Fsp3) is 0.176. The molecule has 1 aliphatic heterocycles. The highest BCUT2D eigenvalue weighted by Gasteiger charge is 2.32. The summed E-state index contributed by atoms with van der Waals surface area (Å²) in [5.41, 5.74) is 2.14. The van der Waals surface area contributed by atoms with Gasteiger partial charge in [0.15, 0.2) is 0 Å². The number of nitrogens with zero attached hydrogens (tertiary/aromatic N) is 1. The van der Waals surface area contributed by atoms with Gasteiger partial charge in [-0.15, -0.1) is 0 Å². The SMILES string of the molecule is CN1C(=O)c2ccccc2NC(=O)[C@@H]1Cc1ccccc1. The molecule has 3 rings (SSSR count). The van der Waals surface area contributed by atoms with Crippen molar-refractivity contribution in [2.24, 2.45) is 0 Å². The van der Waals surface area contributed by atoms with E-state index in [1.165, 1.54) is 4.90 Å². The van der Waals surface area contributed by atoms with E-state index in [-0.39, 0.29) is 11.8 Å². The first-order chi connectivity index (χ1) is 10.2. The minimum absolute atomic E-state index is 0.134. The molecule has 21 heavy (non-hydrogen) atoms. The standard InChI is InChI=1S/C17H16N2O2/c1-19-15(11-12-7-3-2-4-8-12)16(20)18-14-10-6-5-9-13(14)17(19)21/h2-10,15H,11H2,1H3,(H,18,20)/t15-/m0/s1. The molecule has 1 atom stereocenters. The van der Waals surface area contributed by atoms with Gasteiger partial charge in [-0.1, -0.05) is 42.5 Å². The van der Waals surface area contributed by atoms with Crippen LogP contribution in [-0.4, -0.2) is 29.8 Å². The summed E-state index contributed by atoms with van der Waals surface area (Å²) in [7, 11) is 1.68. The van der Waals surface area contributed by atoms with Crippen LogP contribution in [0.25, 0.3) is 0 Å². The first-order valence-corrected chi connectivity index (χ1v) is 6.88. The summed E-state index contributed by atoms with van der Waals surface area (Å²) in [5.74, 6) is -0.287. The van der Waals surface area contributed by atoms with E-state index in [0.29, 0.717) is 17.7 Å². The summed E-state index contributed by atoms with van der Waals surface area (Å²) in [6.07, 6.45) is 0.503. The van der Waals surface area contributed by atoms with Crippen molar-refractivity contribution in [3.63, 3.8) is 0 Å². The molecule has 1 heterocycles. The maximum absolute atomic E-state index is 12.5. The molecule has 4 heteroatoms. The Morgan fingerprint density at radius 3 is 2.43 bits per heavy atom. The highest BCUT2D eigenvalue weighted by molar-refractivity contribution is 6.09. The van der Waals surface area contributed by atoms with Crippen molar-refractivity contribution in [3.8, 4) is 0 Å². The molecule has 0 spiro atoms. The van der Waals surface area contributed by atoms with Crippen LogP contribution in [-0.2, 0) is 11.2 Å². The molecule has 106 valence electrons. The number of carbonyl (C=O) groups excluding carboxylic acids is 2. The van der Waals surface area contributed by atoms with Gasteiger partial charge in [-0.2, -0.15) is 0 Å². The number of nitrogens with one attached hydrogen (secondary N) is 1. The van der Waals surface area contributed by atoms with Crippen LogP contribution >= 0.6 is 0 Å². The Bertz CT molecular complexity index is 682. The van der Waals surface area contributed by atoms with Gasteiger partial charge in [0.2, 0.25) is 5.91 Å². The summed E-state index contributed by atoms with van der Waals surface area (Å²) in [6.45, 7) is 0. The second-order valence-corrected chi connectivity index (χ2v) is 5.16. The zero-order valence-electron chi connectivity index (χ0n) is 11.7. The molecule has 0 fully saturated rings. The lowest BCUT2D eigenvalue weighted by molar-refractivity contribution is -0.120. The topological polar surface area (TPSA) is 49.4 Å². The average Bonchev–Trinajstić information content (AvgIpc) is 2.60. The van der Waals surface area contributed by atoms with Gasteiger partial charge in [0.05, 0.1) is 11.3 Å². The van der Waals surface area contributed by atoms with Gasteiger partial charge < -0.3 is 10.2 Å². The van der Waals surface area contributed by atoms with Gasteiger partial charge in [0.25, 0.3) is 5.91 Å². The molecule has 1 N–H and O–H groups in total. The maximum atomic E-state index is 12.5. The monoisotopic (exact) mass is 280 g/mol. The van der Waals surface area contributed by atoms with Gasteiger partial charge >= 0.3 is 0 Å². The molecule has 0 aliphatic carbocycles. The first kappa shape index (κ1) is 13.4. The third kappa shape index (κ3) is 2.52. The highest BCUT2D eigenvalue weighted by Crippen LogP contribution is 2.23. The number of carbonyl (C=O) groups is 2. The average molecular weight is 280 g/mol. The number of benzene rings is 2. The zero-order valence-corrected chi connectivity index (χ0v) is 11.7. The van der Waals surface area contributed by atoms with Crippen molar-refractivity contribution in [2.45, 2.75) is 12.5 Å². The van der Waals surface area contributed by atoms with Crippen LogP contribution < -0.4 is 5.32 Å². The Hall–Kier alpha value is -2.62. The lowest BCUT2D eigenvalue weighted by Gasteiger charge is -2.24. The van der Waals surface area contributed by atoms with Crippen molar-refractivity contribution < 1.29 is 9.59 Å². The van der Waals surface area contributed by atoms with E-state index in [1.807, 2.05) is 36.4 Å². The van der Waals surface area contributed by atoms with Crippen LogP contribution in [0.5, 0.6) is 0 Å². The quantitative estimate of drug-likeness (QED) is 0.917. The molecule has 2 aromatic carbocycles. The first-order valence-electron chi connectivity index (χ1n) is 6.88. The molecule has 2 aromatic rings. The van der Waals surface area contributed by atoms with Crippen molar-refractivity contribution in [2.75, 3.05) is 12.4 Å². The van der Waals surface area contributed by atoms with E-state index >= 15 is 0 Å². The fourth-order valence-electron chi connectivity index (χ4n) is 2.57. The number of likely N-dealkylation sites (N-methyl/N-ethyl adjacent to an activating group) is 1. The second kappa shape index (κ2) is 5.40. The van der Waals surface area contributed by atoms with Crippen LogP contribution in [0.1, 0.15) is 15.9 Å². The lowest BCUT2D eigenvalue weighted by atomic mass is 10.0. The lowest BCUT2D eigenvalue weighted by Crippen LogP contribution is -2.44. The van der Waals surface area contributed by atoms with Crippen LogP contribution in [0.3, 0.4) is 0 Å². The predicted octanol–water partition coefficient (Wildman–Crippen LogP) is 2.32. The number of para-hydroxylation sites is 1. The summed E-state index contributed by atoms with van der Waals surface area (Å²) in [4.78, 5) is 26.5. The minimum Gasteiger partial charge on any atom is -0.329 e. The molecule has 2 amide bonds. The van der Waals surface area contributed by atoms with E-state index in [2.05, 4.69) is 5.32 Å². The Kier molecular flexibility index (Phi) is 3.44. The molecule has 0 saturated heterocycles. The van der Waals surface area contributed by atoms with Gasteiger partial charge in [-0.3, -0.25) is 9.59 Å². The van der Waals surface area contributed by atoms with Crippen LogP contribution in [0, 0.1) is 0 Å². The molecular weight excluding hydrogens is 264 g/mol. The van der Waals surface area contributed by atoms with Gasteiger partial charge in [-0.25, -0.2) is 0 Å². The molecule has 0 aromatic heterocycles. The van der Waals surface area contributed by atoms with Crippen molar-refractivity contribution in [3.05, 3.63) is 65.7 Å². The molecule has 0 unspecified atom stereocenters. The van der Waals surface area contributed by atoms with Gasteiger partial charge in [0.1, 0.15) is 6.04 Å². The summed E-state index contributed by atoms with van der Waals surface area (Å²) in [6, 6.07) is 16.3. The largest absolute Gasteiger partial charge is 0.329 e. The number of fused-ring (bicyclic) bond motifs is 1. The van der Waals surface area contributed by atoms with E-state index in [4.69, 9.17) is 0 Å². The zero-order chi connectivity index (χ0) is 14.8. The molecule has 4 nitrogen and oxygen atoms in total. The van der Waals surface area contributed by atoms with Crippen LogP contribution in [0.15, 0.2) is 54.6 Å². The Labute approximate surface area is 123 Å². The van der Waals surface area contributed by atoms with E-state index in [0.717, 1.165) is 5.56 Å². The van der Waals surface area contributed by atoms with Gasteiger partial charge in [0, 0.05) is 13.5 Å². The van der Waals surface area contributed by atoms with Crippen molar-refractivity contribution in [1.82, 2.24) is 4.90 Å². The van der Waals surface area contributed by atoms with Gasteiger partial charge in [-0.05, 0) is 17.7 Å². The Balaban J connectivity index is 1.93. The van der Waals surface area contributed by atoms with E-state index in [9.17, 15) is 9.59 Å². The number of rotatable bonds is 2. The number of amides is 2. The normalized spacial score (nSPS) is 18.0. The smallest absolute Gasteiger partial charge is 0.256 e. The summed E-state index contributed by atoms with van der Waals surface area (Å²) >= 11 is 0. The van der Waals surface area contributed by atoms with Crippen LogP contribution in [0.4, 0.5) is 5.69 Å². The number of hydrogen-bond acceptors (Lipinski definition) is 2. The van der Waals surface area contributed by atoms with Crippen molar-refractivity contribution >= 4 is 17.5 Å². The number of hydrogen-bond donors (Lipinski definition) is 1. The third-order valence-corrected chi connectivity index (χ3v) is 3.78. The highest BCUT2D eigenvalue weighted by atomic mass is 16.2. The second-order valence-electron chi connectivity index (χ2n) is 5.16. The molecule has 1 aliphatic rings. The Morgan fingerprint density at radius 2 is 1.67 bits per heavy atom. The van der Waals surface area contributed by atoms with E-state index < -0.39 is 6.04 Å². The van der Waals surface area contributed by atoms with E-state index in [1.54, 1.807) is 25.2 Å². The molecule has 0 saturated carbocycles. The summed E-state index contributed by atoms with van der Waals surface area (Å²) < 4.78 is 0. The molecular formula is C17H16N2O2. The number of anilines is 1. The predicted molar refractivity (Wildman–Crippen MR) is 81.1 cm³/mol. The molecule has 0 bridgehead atoms. The summed E-state index contributed by atoms with van der Waals surface area (Å²) in [5, 5.41) is 2.85. The Morgan fingerprint density at radius 1 is 1.00 bits per heavy atom. The minimum atomic E-state index is -0.507.